The molecule has 4 N–H and O–H groups in total. The van der Waals surface area contributed by atoms with E-state index in [2.05, 4.69) is 9.97 Å². The molecule has 1 aliphatic heterocycles. The summed E-state index contributed by atoms with van der Waals surface area (Å²) in [6, 6.07) is 0. The van der Waals surface area contributed by atoms with Gasteiger partial charge >= 0.3 is 5.56 Å². The molecule has 9 nitrogen and oxygen atoms in total. The van der Waals surface area contributed by atoms with Crippen LogP contribution >= 0.6 is 23.5 Å². The number of imidazole rings is 1. The molecule has 25 heavy (non-hydrogen) atoms. The molecule has 3 heterocycles. The Morgan fingerprint density at radius 3 is 2.88 bits per heavy atom. The Morgan fingerprint density at radius 1 is 1.52 bits per heavy atom. The molecular weight excluding hydrogens is 366 g/mol. The Balaban J connectivity index is 2.16. The van der Waals surface area contributed by atoms with E-state index in [0.29, 0.717) is 12.1 Å². The number of ether oxygens (including phenoxy) is 1. The van der Waals surface area contributed by atoms with Gasteiger partial charge in [0.05, 0.1) is 24.4 Å². The van der Waals surface area contributed by atoms with Crippen molar-refractivity contribution in [3.8, 4) is 0 Å². The van der Waals surface area contributed by atoms with Crippen LogP contribution in [0.4, 0.5) is 5.95 Å². The summed E-state index contributed by atoms with van der Waals surface area (Å²) in [5, 5.41) is 19.3. The molecule has 0 bridgehead atoms. The fourth-order valence-electron chi connectivity index (χ4n) is 3.00. The third kappa shape index (κ3) is 3.26. The molecule has 2 aromatic heterocycles. The highest BCUT2D eigenvalue weighted by atomic mass is 32.2. The Morgan fingerprint density at radius 2 is 2.28 bits per heavy atom. The molecule has 0 aromatic carbocycles. The molecule has 138 valence electrons. The minimum absolute atomic E-state index is 0.0407. The molecule has 1 fully saturated rings. The Labute approximate surface area is 152 Å². The van der Waals surface area contributed by atoms with Gasteiger partial charge in [-0.3, -0.25) is 13.9 Å². The zero-order chi connectivity index (χ0) is 18.1. The number of hydrogen-bond donors (Lipinski definition) is 3. The number of fused-ring (bicyclic) bond motifs is 1. The van der Waals surface area contributed by atoms with Gasteiger partial charge in [-0.15, -0.1) is 11.8 Å². The number of hydrogen-bond acceptors (Lipinski definition) is 9. The van der Waals surface area contributed by atoms with E-state index in [1.165, 1.54) is 6.33 Å². The minimum atomic E-state index is -0.783. The number of aromatic nitrogens is 4. The third-order valence-electron chi connectivity index (χ3n) is 4.22. The molecule has 1 aliphatic rings. The molecule has 0 aliphatic carbocycles. The van der Waals surface area contributed by atoms with E-state index in [0.717, 1.165) is 5.75 Å². The van der Waals surface area contributed by atoms with Crippen LogP contribution in [0.5, 0.6) is 0 Å². The minimum Gasteiger partial charge on any atom is -0.394 e. The van der Waals surface area contributed by atoms with Gasteiger partial charge in [0, 0.05) is 12.2 Å². The molecule has 4 atom stereocenters. The van der Waals surface area contributed by atoms with Crippen molar-refractivity contribution < 1.29 is 14.9 Å². The summed E-state index contributed by atoms with van der Waals surface area (Å²) in [7, 11) is 0. The van der Waals surface area contributed by atoms with Gasteiger partial charge in [-0.2, -0.15) is 16.7 Å². The highest BCUT2D eigenvalue weighted by Gasteiger charge is 2.36. The van der Waals surface area contributed by atoms with Crippen molar-refractivity contribution in [2.45, 2.75) is 30.2 Å². The van der Waals surface area contributed by atoms with E-state index in [1.807, 2.05) is 12.5 Å². The lowest BCUT2D eigenvalue weighted by Gasteiger charge is -2.23. The van der Waals surface area contributed by atoms with Crippen molar-refractivity contribution in [1.29, 1.82) is 0 Å². The molecule has 11 heteroatoms. The van der Waals surface area contributed by atoms with Crippen LogP contribution in [0.1, 0.15) is 18.0 Å². The maximum Gasteiger partial charge on any atom is 0.302 e. The zero-order valence-corrected chi connectivity index (χ0v) is 15.5. The highest BCUT2D eigenvalue weighted by molar-refractivity contribution is 8.02. The smallest absolute Gasteiger partial charge is 0.302 e. The summed E-state index contributed by atoms with van der Waals surface area (Å²) in [4.78, 5) is 20.3. The standard InChI is InChI=1S/C14H21N5O4S2/c1-24-5-10(25-2)19-13-11(12(22)17-14(19)15)16-6-18(13)9-3-7(21)8(4-20)23-9/h6-10,20-21H,3-5H2,1-2H3,(H2,15,17,22)/t7-,8+,9+,10?/m0/s1. The summed E-state index contributed by atoms with van der Waals surface area (Å²) >= 11 is 3.25. The Kier molecular flexibility index (Phi) is 5.58. The number of aliphatic hydroxyl groups is 2. The van der Waals surface area contributed by atoms with Gasteiger partial charge in [0.25, 0.3) is 0 Å². The van der Waals surface area contributed by atoms with Crippen LogP contribution in [0.15, 0.2) is 11.1 Å². The van der Waals surface area contributed by atoms with Crippen LogP contribution in [0.25, 0.3) is 11.2 Å². The van der Waals surface area contributed by atoms with Gasteiger partial charge < -0.3 is 20.7 Å². The van der Waals surface area contributed by atoms with Gasteiger partial charge in [0.2, 0.25) is 5.95 Å². The average Bonchev–Trinajstić information content (AvgIpc) is 3.17. The van der Waals surface area contributed by atoms with Crippen molar-refractivity contribution in [2.75, 3.05) is 30.6 Å². The zero-order valence-electron chi connectivity index (χ0n) is 13.9. The predicted octanol–water partition coefficient (Wildman–Crippen LogP) is 0.0405. The second kappa shape index (κ2) is 7.54. The molecule has 1 saturated heterocycles. The highest BCUT2D eigenvalue weighted by Crippen LogP contribution is 2.34. The monoisotopic (exact) mass is 387 g/mol. The third-order valence-corrected chi connectivity index (χ3v) is 6.01. The average molecular weight is 387 g/mol. The predicted molar refractivity (Wildman–Crippen MR) is 98.8 cm³/mol. The summed E-state index contributed by atoms with van der Waals surface area (Å²) in [5.41, 5.74) is 6.29. The van der Waals surface area contributed by atoms with Crippen LogP contribution in [-0.4, -0.2) is 66.4 Å². The van der Waals surface area contributed by atoms with E-state index in [4.69, 9.17) is 10.5 Å². The largest absolute Gasteiger partial charge is 0.394 e. The lowest BCUT2D eigenvalue weighted by molar-refractivity contribution is -0.0433. The van der Waals surface area contributed by atoms with Crippen LogP contribution < -0.4 is 11.3 Å². The first kappa shape index (κ1) is 18.5. The van der Waals surface area contributed by atoms with E-state index in [-0.39, 0.29) is 23.4 Å². The molecule has 2 aromatic rings. The van der Waals surface area contributed by atoms with E-state index < -0.39 is 24.0 Å². The second-order valence-electron chi connectivity index (χ2n) is 5.73. The quantitative estimate of drug-likeness (QED) is 0.629. The lowest BCUT2D eigenvalue weighted by atomic mass is 10.2. The number of thioether (sulfide) groups is 2. The Bertz CT molecular complexity index is 810. The van der Waals surface area contributed by atoms with Crippen LogP contribution in [0.3, 0.4) is 0 Å². The normalized spacial score (nSPS) is 24.9. The number of rotatable bonds is 6. The first-order chi connectivity index (χ1) is 12.0. The number of anilines is 1. The van der Waals surface area contributed by atoms with Gasteiger partial charge in [-0.1, -0.05) is 0 Å². The Hall–Kier alpha value is -1.27. The summed E-state index contributed by atoms with van der Waals surface area (Å²) in [5.74, 6) is 0.883. The maximum absolute atomic E-state index is 12.2. The molecule has 0 radical (unpaired) electrons. The fourth-order valence-corrected chi connectivity index (χ4v) is 4.80. The van der Waals surface area contributed by atoms with E-state index >= 15 is 0 Å². The van der Waals surface area contributed by atoms with Crippen molar-refractivity contribution in [1.82, 2.24) is 19.1 Å². The van der Waals surface area contributed by atoms with Gasteiger partial charge in [0.15, 0.2) is 11.2 Å². The van der Waals surface area contributed by atoms with Crippen molar-refractivity contribution in [2.24, 2.45) is 0 Å². The molecule has 0 saturated carbocycles. The maximum atomic E-state index is 12.2. The van der Waals surface area contributed by atoms with E-state index in [9.17, 15) is 15.0 Å². The SMILES string of the molecule is CSCC(SC)n1c(N)nc(=O)c2ncn([C@H]3C[C@H](O)[C@@H](CO)O3)c21. The molecule has 1 unspecified atom stereocenters. The van der Waals surface area contributed by atoms with Crippen molar-refractivity contribution in [3.05, 3.63) is 16.7 Å². The summed E-state index contributed by atoms with van der Waals surface area (Å²) in [6.45, 7) is -0.277. The number of nitrogens with two attached hydrogens (primary N) is 1. The number of nitrogen functional groups attached to an aromatic ring is 1. The van der Waals surface area contributed by atoms with Crippen LogP contribution in [0.2, 0.25) is 0 Å². The number of nitrogens with zero attached hydrogens (tertiary/aromatic N) is 4. The van der Waals surface area contributed by atoms with Crippen molar-refractivity contribution >= 4 is 40.6 Å². The van der Waals surface area contributed by atoms with Gasteiger partial charge in [0.1, 0.15) is 12.3 Å². The molecule has 0 amide bonds. The topological polar surface area (TPSA) is 128 Å². The van der Waals surface area contributed by atoms with E-state index in [1.54, 1.807) is 32.7 Å². The van der Waals surface area contributed by atoms with Crippen molar-refractivity contribution in [3.63, 3.8) is 0 Å². The van der Waals surface area contributed by atoms with Gasteiger partial charge in [-0.05, 0) is 12.5 Å². The molecule has 0 spiro atoms. The van der Waals surface area contributed by atoms with Crippen LogP contribution in [-0.2, 0) is 4.74 Å². The first-order valence-corrected chi connectivity index (χ1v) is 10.4. The lowest BCUT2D eigenvalue weighted by Crippen LogP contribution is -2.25. The number of aliphatic hydroxyl groups excluding tert-OH is 2. The molecular formula is C14H21N5O4S2. The summed E-state index contributed by atoms with van der Waals surface area (Å²) in [6.07, 6.45) is 3.76. The summed E-state index contributed by atoms with van der Waals surface area (Å²) < 4.78 is 9.19. The second-order valence-corrected chi connectivity index (χ2v) is 7.66. The van der Waals surface area contributed by atoms with Gasteiger partial charge in [-0.25, -0.2) is 4.98 Å². The first-order valence-electron chi connectivity index (χ1n) is 7.72. The fraction of sp³-hybridized carbons (Fsp3) is 0.643. The van der Waals surface area contributed by atoms with Crippen LogP contribution in [0, 0.1) is 0 Å². The molecule has 3 rings (SSSR count).